The van der Waals surface area contributed by atoms with Crippen molar-refractivity contribution in [3.05, 3.63) is 0 Å². The van der Waals surface area contributed by atoms with Crippen LogP contribution in [-0.2, 0) is 14.3 Å². The fraction of sp³-hybridized carbons (Fsp3) is 0.857. The molecule has 2 amide bonds. The third-order valence-corrected chi connectivity index (χ3v) is 4.11. The van der Waals surface area contributed by atoms with Crippen molar-refractivity contribution >= 4 is 24.2 Å². The number of rotatable bonds is 3. The zero-order chi connectivity index (χ0) is 14.7. The molecule has 2 unspecified atom stereocenters. The number of hydrogen-bond acceptors (Lipinski definition) is 4. The highest BCUT2D eigenvalue weighted by Gasteiger charge is 2.32. The van der Waals surface area contributed by atoms with Gasteiger partial charge in [-0.05, 0) is 18.8 Å². The normalized spacial score (nSPS) is 23.9. The summed E-state index contributed by atoms with van der Waals surface area (Å²) in [6.45, 7) is 6.86. The minimum absolute atomic E-state index is 0. The average Bonchev–Trinajstić information content (AvgIpc) is 2.99. The summed E-state index contributed by atoms with van der Waals surface area (Å²) >= 11 is 0. The maximum atomic E-state index is 12.2. The van der Waals surface area contributed by atoms with Crippen LogP contribution in [-0.4, -0.2) is 66.5 Å². The summed E-state index contributed by atoms with van der Waals surface area (Å²) < 4.78 is 5.42. The molecule has 2 aliphatic heterocycles. The Morgan fingerprint density at radius 2 is 1.71 bits per heavy atom. The van der Waals surface area contributed by atoms with E-state index >= 15 is 0 Å². The van der Waals surface area contributed by atoms with E-state index in [2.05, 4.69) is 0 Å². The lowest BCUT2D eigenvalue weighted by molar-refractivity contribution is -0.146. The monoisotopic (exact) mass is 319 g/mol. The molecule has 0 aromatic carbocycles. The van der Waals surface area contributed by atoms with Crippen LogP contribution in [0.2, 0.25) is 0 Å². The van der Waals surface area contributed by atoms with Crippen molar-refractivity contribution in [3.8, 4) is 0 Å². The largest absolute Gasteiger partial charge is 0.368 e. The zero-order valence-electron chi connectivity index (χ0n) is 12.8. The van der Waals surface area contributed by atoms with Gasteiger partial charge in [-0.15, -0.1) is 12.4 Å². The van der Waals surface area contributed by atoms with Gasteiger partial charge in [-0.1, -0.05) is 13.8 Å². The average molecular weight is 320 g/mol. The molecule has 2 heterocycles. The molecule has 7 heteroatoms. The third-order valence-electron chi connectivity index (χ3n) is 4.11. The lowest BCUT2D eigenvalue weighted by Crippen LogP contribution is -2.56. The number of amides is 2. The van der Waals surface area contributed by atoms with Gasteiger partial charge in [0.15, 0.2) is 0 Å². The Balaban J connectivity index is 0.00000220. The van der Waals surface area contributed by atoms with Gasteiger partial charge in [0.2, 0.25) is 5.91 Å². The highest BCUT2D eigenvalue weighted by atomic mass is 35.5. The number of carbonyl (C=O) groups is 2. The summed E-state index contributed by atoms with van der Waals surface area (Å²) in [5.41, 5.74) is 5.89. The SMILES string of the molecule is CC(C)C(N)C(=O)N1CCN(C(=O)C2CCCO2)CC1.Cl. The molecule has 2 atom stereocenters. The van der Waals surface area contributed by atoms with E-state index in [-0.39, 0.29) is 36.2 Å². The van der Waals surface area contributed by atoms with Gasteiger partial charge in [0.1, 0.15) is 6.10 Å². The number of nitrogens with zero attached hydrogens (tertiary/aromatic N) is 2. The van der Waals surface area contributed by atoms with E-state index in [0.29, 0.717) is 32.8 Å². The molecular formula is C14H26ClN3O3. The number of piperazine rings is 1. The van der Waals surface area contributed by atoms with E-state index in [9.17, 15) is 9.59 Å². The molecule has 0 radical (unpaired) electrons. The number of carbonyl (C=O) groups excluding carboxylic acids is 2. The molecule has 0 spiro atoms. The molecule has 6 nitrogen and oxygen atoms in total. The molecule has 0 aromatic rings. The van der Waals surface area contributed by atoms with Crippen molar-refractivity contribution in [2.24, 2.45) is 11.7 Å². The molecule has 0 bridgehead atoms. The van der Waals surface area contributed by atoms with Crippen molar-refractivity contribution in [3.63, 3.8) is 0 Å². The van der Waals surface area contributed by atoms with Crippen LogP contribution >= 0.6 is 12.4 Å². The van der Waals surface area contributed by atoms with Gasteiger partial charge in [-0.25, -0.2) is 0 Å². The molecule has 0 aliphatic carbocycles. The molecule has 2 rings (SSSR count). The van der Waals surface area contributed by atoms with Gasteiger partial charge in [-0.3, -0.25) is 9.59 Å². The first-order valence-electron chi connectivity index (χ1n) is 7.45. The lowest BCUT2D eigenvalue weighted by Gasteiger charge is -2.37. The Labute approximate surface area is 132 Å². The van der Waals surface area contributed by atoms with Crippen molar-refractivity contribution in [2.45, 2.75) is 38.8 Å². The van der Waals surface area contributed by atoms with E-state index in [1.165, 1.54) is 0 Å². The second-order valence-electron chi connectivity index (χ2n) is 5.92. The molecule has 0 saturated carbocycles. The lowest BCUT2D eigenvalue weighted by atomic mass is 10.0. The number of ether oxygens (including phenoxy) is 1. The molecule has 2 fully saturated rings. The Morgan fingerprint density at radius 1 is 1.14 bits per heavy atom. The first kappa shape index (κ1) is 18.2. The number of nitrogens with two attached hydrogens (primary N) is 1. The van der Waals surface area contributed by atoms with Gasteiger partial charge in [0, 0.05) is 32.8 Å². The Kier molecular flexibility index (Phi) is 6.90. The van der Waals surface area contributed by atoms with E-state index in [1.54, 1.807) is 9.80 Å². The van der Waals surface area contributed by atoms with Crippen molar-refractivity contribution < 1.29 is 14.3 Å². The van der Waals surface area contributed by atoms with E-state index < -0.39 is 6.04 Å². The summed E-state index contributed by atoms with van der Waals surface area (Å²) in [6.07, 6.45) is 1.50. The van der Waals surface area contributed by atoms with Crippen LogP contribution < -0.4 is 5.73 Å². The van der Waals surface area contributed by atoms with Crippen LogP contribution in [0.3, 0.4) is 0 Å². The van der Waals surface area contributed by atoms with Crippen molar-refractivity contribution in [1.82, 2.24) is 9.80 Å². The van der Waals surface area contributed by atoms with E-state index in [4.69, 9.17) is 10.5 Å². The van der Waals surface area contributed by atoms with Crippen LogP contribution in [0.5, 0.6) is 0 Å². The van der Waals surface area contributed by atoms with Crippen LogP contribution in [0, 0.1) is 5.92 Å². The predicted octanol–water partition coefficient (Wildman–Crippen LogP) is 0.241. The zero-order valence-corrected chi connectivity index (χ0v) is 13.6. The van der Waals surface area contributed by atoms with Crippen LogP contribution in [0.4, 0.5) is 0 Å². The summed E-state index contributed by atoms with van der Waals surface area (Å²) in [4.78, 5) is 27.9. The van der Waals surface area contributed by atoms with E-state index in [0.717, 1.165) is 12.8 Å². The van der Waals surface area contributed by atoms with Gasteiger partial charge >= 0.3 is 0 Å². The molecule has 0 aromatic heterocycles. The number of halogens is 1. The van der Waals surface area contributed by atoms with Crippen LogP contribution in [0.25, 0.3) is 0 Å². The first-order chi connectivity index (χ1) is 9.50. The Bertz CT molecular complexity index is 342. The first-order valence-corrected chi connectivity index (χ1v) is 7.45. The summed E-state index contributed by atoms with van der Waals surface area (Å²) in [6, 6.07) is -0.449. The second-order valence-corrected chi connectivity index (χ2v) is 5.92. The van der Waals surface area contributed by atoms with Gasteiger partial charge in [-0.2, -0.15) is 0 Å². The predicted molar refractivity (Wildman–Crippen MR) is 82.2 cm³/mol. The molecule has 21 heavy (non-hydrogen) atoms. The topological polar surface area (TPSA) is 75.9 Å². The molecule has 2 N–H and O–H groups in total. The van der Waals surface area contributed by atoms with Crippen LogP contribution in [0.1, 0.15) is 26.7 Å². The van der Waals surface area contributed by atoms with E-state index in [1.807, 2.05) is 13.8 Å². The number of hydrogen-bond donors (Lipinski definition) is 1. The molecular weight excluding hydrogens is 294 g/mol. The quantitative estimate of drug-likeness (QED) is 0.808. The fourth-order valence-electron chi connectivity index (χ4n) is 2.62. The highest BCUT2D eigenvalue weighted by Crippen LogP contribution is 2.16. The maximum absolute atomic E-state index is 12.2. The fourth-order valence-corrected chi connectivity index (χ4v) is 2.62. The summed E-state index contributed by atoms with van der Waals surface area (Å²) in [7, 11) is 0. The Hall–Kier alpha value is -0.850. The highest BCUT2D eigenvalue weighted by molar-refractivity contribution is 5.85. The molecule has 122 valence electrons. The van der Waals surface area contributed by atoms with Gasteiger partial charge < -0.3 is 20.3 Å². The summed E-state index contributed by atoms with van der Waals surface area (Å²) in [5, 5.41) is 0. The molecule has 2 saturated heterocycles. The van der Waals surface area contributed by atoms with Crippen molar-refractivity contribution in [2.75, 3.05) is 32.8 Å². The summed E-state index contributed by atoms with van der Waals surface area (Å²) in [5.74, 6) is 0.195. The molecule has 2 aliphatic rings. The standard InChI is InChI=1S/C14H25N3O3.ClH/c1-10(2)12(15)14(19)17-7-5-16(6-8-17)13(18)11-4-3-9-20-11;/h10-12H,3-9,15H2,1-2H3;1H. The smallest absolute Gasteiger partial charge is 0.251 e. The van der Waals surface area contributed by atoms with Gasteiger partial charge in [0.25, 0.3) is 5.91 Å². The van der Waals surface area contributed by atoms with Gasteiger partial charge in [0.05, 0.1) is 6.04 Å². The minimum Gasteiger partial charge on any atom is -0.368 e. The Morgan fingerprint density at radius 3 is 2.19 bits per heavy atom. The maximum Gasteiger partial charge on any atom is 0.251 e. The van der Waals surface area contributed by atoms with Crippen LogP contribution in [0.15, 0.2) is 0 Å². The third kappa shape index (κ3) is 4.31. The van der Waals surface area contributed by atoms with Crippen molar-refractivity contribution in [1.29, 1.82) is 0 Å². The second kappa shape index (κ2) is 7.96. The minimum atomic E-state index is -0.449.